The van der Waals surface area contributed by atoms with E-state index in [1.165, 1.54) is 0 Å². The summed E-state index contributed by atoms with van der Waals surface area (Å²) >= 11 is 0. The van der Waals surface area contributed by atoms with Crippen molar-refractivity contribution in [2.75, 3.05) is 6.61 Å². The smallest absolute Gasteiger partial charge is 0.256 e. The molecule has 5 heteroatoms. The summed E-state index contributed by atoms with van der Waals surface area (Å²) in [6, 6.07) is -0.189. The van der Waals surface area contributed by atoms with Crippen LogP contribution < -0.4 is 11.3 Å². The van der Waals surface area contributed by atoms with E-state index in [1.807, 2.05) is 6.92 Å². The fourth-order valence-corrected chi connectivity index (χ4v) is 1.63. The maximum atomic E-state index is 11.7. The molecule has 0 saturated carbocycles. The van der Waals surface area contributed by atoms with E-state index in [-0.39, 0.29) is 11.6 Å². The van der Waals surface area contributed by atoms with Crippen molar-refractivity contribution < 1.29 is 4.74 Å². The Hall–Kier alpha value is -1.20. The average Bonchev–Trinajstić information content (AvgIpc) is 2.28. The molecule has 2 heterocycles. The maximum Gasteiger partial charge on any atom is 0.256 e. The number of H-pyrrole nitrogens is 1. The van der Waals surface area contributed by atoms with Crippen molar-refractivity contribution in [3.05, 3.63) is 27.4 Å². The van der Waals surface area contributed by atoms with Gasteiger partial charge in [0.25, 0.3) is 5.56 Å². The van der Waals surface area contributed by atoms with Crippen LogP contribution in [0.5, 0.6) is 0 Å². The van der Waals surface area contributed by atoms with Crippen LogP contribution >= 0.6 is 0 Å². The number of ether oxygens (including phenoxy) is 1. The molecule has 1 aliphatic heterocycles. The van der Waals surface area contributed by atoms with Gasteiger partial charge in [-0.2, -0.15) is 0 Å². The van der Waals surface area contributed by atoms with E-state index in [4.69, 9.17) is 10.5 Å². The normalized spacial score (nSPS) is 17.2. The van der Waals surface area contributed by atoms with Gasteiger partial charge in [-0.3, -0.25) is 4.79 Å². The van der Waals surface area contributed by atoms with Crippen LogP contribution in [0.25, 0.3) is 0 Å². The molecular formula is C10H15N3O2. The van der Waals surface area contributed by atoms with Crippen LogP contribution in [-0.4, -0.2) is 16.6 Å². The summed E-state index contributed by atoms with van der Waals surface area (Å²) < 4.78 is 5.21. The summed E-state index contributed by atoms with van der Waals surface area (Å²) in [4.78, 5) is 18.8. The van der Waals surface area contributed by atoms with Crippen molar-refractivity contribution in [1.29, 1.82) is 0 Å². The van der Waals surface area contributed by atoms with Gasteiger partial charge in [0.2, 0.25) is 0 Å². The molecule has 1 unspecified atom stereocenters. The highest BCUT2D eigenvalue weighted by atomic mass is 16.5. The predicted octanol–water partition coefficient (Wildman–Crippen LogP) is 0.252. The van der Waals surface area contributed by atoms with Gasteiger partial charge in [0, 0.05) is 6.42 Å². The Kier molecular flexibility index (Phi) is 2.83. The molecule has 1 aromatic heterocycles. The summed E-state index contributed by atoms with van der Waals surface area (Å²) in [7, 11) is 0. The molecule has 1 aliphatic rings. The van der Waals surface area contributed by atoms with Crippen molar-refractivity contribution >= 4 is 0 Å². The van der Waals surface area contributed by atoms with Gasteiger partial charge in [-0.05, 0) is 6.42 Å². The Morgan fingerprint density at radius 1 is 1.67 bits per heavy atom. The lowest BCUT2D eigenvalue weighted by Gasteiger charge is -2.16. The van der Waals surface area contributed by atoms with Gasteiger partial charge in [0.05, 0.1) is 30.5 Å². The van der Waals surface area contributed by atoms with Crippen molar-refractivity contribution in [3.63, 3.8) is 0 Å². The molecule has 0 aliphatic carbocycles. The van der Waals surface area contributed by atoms with E-state index in [2.05, 4.69) is 9.97 Å². The highest BCUT2D eigenvalue weighted by Gasteiger charge is 2.17. The third-order valence-corrected chi connectivity index (χ3v) is 2.64. The lowest BCUT2D eigenvalue weighted by Crippen LogP contribution is -2.27. The van der Waals surface area contributed by atoms with Gasteiger partial charge < -0.3 is 15.5 Å². The van der Waals surface area contributed by atoms with Crippen LogP contribution in [-0.2, 0) is 17.8 Å². The molecule has 3 N–H and O–H groups in total. The molecule has 0 saturated heterocycles. The Bertz CT molecular complexity index is 414. The molecule has 15 heavy (non-hydrogen) atoms. The molecule has 0 aromatic carbocycles. The molecule has 0 amide bonds. The predicted molar refractivity (Wildman–Crippen MR) is 55.4 cm³/mol. The molecule has 0 spiro atoms. The standard InChI is InChI=1S/C10H15N3O2/c1-2-7(11)9-12-8-3-4-15-5-6(8)10(14)13-9/h7H,2-5,11H2,1H3,(H,12,13,14). The molecule has 0 radical (unpaired) electrons. The van der Waals surface area contributed by atoms with Crippen LogP contribution in [0, 0.1) is 0 Å². The van der Waals surface area contributed by atoms with Gasteiger partial charge in [-0.1, -0.05) is 6.92 Å². The first-order valence-corrected chi connectivity index (χ1v) is 5.17. The molecule has 1 atom stereocenters. The highest BCUT2D eigenvalue weighted by molar-refractivity contribution is 5.19. The number of rotatable bonds is 2. The molecule has 1 aromatic rings. The van der Waals surface area contributed by atoms with Crippen molar-refractivity contribution in [2.24, 2.45) is 5.73 Å². The number of nitrogens with zero attached hydrogens (tertiary/aromatic N) is 1. The lowest BCUT2D eigenvalue weighted by atomic mass is 10.1. The second-order valence-electron chi connectivity index (χ2n) is 3.69. The number of hydrogen-bond donors (Lipinski definition) is 2. The van der Waals surface area contributed by atoms with Crippen LogP contribution in [0.3, 0.4) is 0 Å². The van der Waals surface area contributed by atoms with E-state index in [0.717, 1.165) is 12.1 Å². The monoisotopic (exact) mass is 209 g/mol. The Labute approximate surface area is 87.7 Å². The van der Waals surface area contributed by atoms with E-state index in [9.17, 15) is 4.79 Å². The summed E-state index contributed by atoms with van der Waals surface area (Å²) in [5, 5.41) is 0. The minimum atomic E-state index is -0.189. The van der Waals surface area contributed by atoms with Crippen molar-refractivity contribution in [3.8, 4) is 0 Å². The number of aromatic nitrogens is 2. The third-order valence-electron chi connectivity index (χ3n) is 2.64. The second-order valence-corrected chi connectivity index (χ2v) is 3.69. The Morgan fingerprint density at radius 2 is 2.47 bits per heavy atom. The molecular weight excluding hydrogens is 194 g/mol. The van der Waals surface area contributed by atoms with Gasteiger partial charge in [0.1, 0.15) is 5.82 Å². The largest absolute Gasteiger partial charge is 0.376 e. The molecule has 0 bridgehead atoms. The average molecular weight is 209 g/mol. The van der Waals surface area contributed by atoms with Crippen LogP contribution in [0.2, 0.25) is 0 Å². The quantitative estimate of drug-likeness (QED) is 0.731. The summed E-state index contributed by atoms with van der Waals surface area (Å²) in [5.41, 5.74) is 7.20. The van der Waals surface area contributed by atoms with Gasteiger partial charge in [0.15, 0.2) is 0 Å². The number of nitrogens with one attached hydrogen (secondary N) is 1. The summed E-state index contributed by atoms with van der Waals surface area (Å²) in [6.45, 7) is 2.96. The van der Waals surface area contributed by atoms with Gasteiger partial charge >= 0.3 is 0 Å². The van der Waals surface area contributed by atoms with Crippen LogP contribution in [0.15, 0.2) is 4.79 Å². The van der Waals surface area contributed by atoms with E-state index in [1.54, 1.807) is 0 Å². The van der Waals surface area contributed by atoms with Crippen LogP contribution in [0.1, 0.15) is 36.5 Å². The number of hydrogen-bond acceptors (Lipinski definition) is 4. The fraction of sp³-hybridized carbons (Fsp3) is 0.600. The number of fused-ring (bicyclic) bond motifs is 1. The SMILES string of the molecule is CCC(N)c1nc2c(c(=O)[nH]1)COCC2. The first-order valence-electron chi connectivity index (χ1n) is 5.17. The second kappa shape index (κ2) is 4.12. The van der Waals surface area contributed by atoms with Gasteiger partial charge in [-0.15, -0.1) is 0 Å². The summed E-state index contributed by atoms with van der Waals surface area (Å²) in [6.07, 6.45) is 1.46. The molecule has 2 rings (SSSR count). The first kappa shape index (κ1) is 10.3. The zero-order chi connectivity index (χ0) is 10.8. The topological polar surface area (TPSA) is 81.0 Å². The van der Waals surface area contributed by atoms with E-state index in [0.29, 0.717) is 31.0 Å². The first-order chi connectivity index (χ1) is 7.22. The van der Waals surface area contributed by atoms with E-state index < -0.39 is 0 Å². The highest BCUT2D eigenvalue weighted by Crippen LogP contribution is 2.13. The molecule has 0 fully saturated rings. The molecule has 5 nitrogen and oxygen atoms in total. The third kappa shape index (κ3) is 1.93. The Morgan fingerprint density at radius 3 is 3.20 bits per heavy atom. The number of aromatic amines is 1. The maximum absolute atomic E-state index is 11.7. The van der Waals surface area contributed by atoms with Crippen molar-refractivity contribution in [2.45, 2.75) is 32.4 Å². The Balaban J connectivity index is 2.45. The minimum absolute atomic E-state index is 0.112. The van der Waals surface area contributed by atoms with Crippen molar-refractivity contribution in [1.82, 2.24) is 9.97 Å². The van der Waals surface area contributed by atoms with E-state index >= 15 is 0 Å². The molecule has 82 valence electrons. The van der Waals surface area contributed by atoms with Gasteiger partial charge in [-0.25, -0.2) is 4.98 Å². The minimum Gasteiger partial charge on any atom is -0.376 e. The zero-order valence-electron chi connectivity index (χ0n) is 8.75. The summed E-state index contributed by atoms with van der Waals surface area (Å²) in [5.74, 6) is 0.586. The lowest BCUT2D eigenvalue weighted by molar-refractivity contribution is 0.107. The van der Waals surface area contributed by atoms with Crippen LogP contribution in [0.4, 0.5) is 0 Å². The zero-order valence-corrected chi connectivity index (χ0v) is 8.75. The fourth-order valence-electron chi connectivity index (χ4n) is 1.63. The number of nitrogens with two attached hydrogens (primary N) is 1.